The van der Waals surface area contributed by atoms with Gasteiger partial charge in [-0.1, -0.05) is 6.58 Å². The van der Waals surface area contributed by atoms with Gasteiger partial charge in [-0.2, -0.15) is 0 Å². The zero-order chi connectivity index (χ0) is 14.8. The molecule has 0 aromatic carbocycles. The standard InChI is InChI=1S/C15H18N2O3S/c1-2-14(18)17-6-7-20-10-12(17)15(19)16-5-3-13-11(9-16)4-8-21-13/h2,4,8,12H,1,3,5-7,9-10H2. The topological polar surface area (TPSA) is 49.9 Å². The van der Waals surface area contributed by atoms with Crippen LogP contribution in [0.15, 0.2) is 24.1 Å². The predicted molar refractivity (Wildman–Crippen MR) is 80.0 cm³/mol. The third-order valence-corrected chi connectivity index (χ3v) is 5.01. The van der Waals surface area contributed by atoms with Gasteiger partial charge in [0.1, 0.15) is 6.04 Å². The van der Waals surface area contributed by atoms with E-state index in [2.05, 4.69) is 18.0 Å². The molecule has 0 N–H and O–H groups in total. The zero-order valence-corrected chi connectivity index (χ0v) is 12.6. The van der Waals surface area contributed by atoms with E-state index in [0.717, 1.165) is 6.42 Å². The molecule has 0 saturated carbocycles. The molecule has 3 heterocycles. The Morgan fingerprint density at radius 1 is 1.43 bits per heavy atom. The van der Waals surface area contributed by atoms with Gasteiger partial charge in [-0.05, 0) is 29.5 Å². The van der Waals surface area contributed by atoms with E-state index in [0.29, 0.717) is 26.2 Å². The minimum absolute atomic E-state index is 0.0262. The van der Waals surface area contributed by atoms with Crippen LogP contribution < -0.4 is 0 Å². The lowest BCUT2D eigenvalue weighted by Gasteiger charge is -2.38. The molecule has 2 aliphatic rings. The number of hydrogen-bond donors (Lipinski definition) is 0. The molecule has 1 atom stereocenters. The Kier molecular flexibility index (Phi) is 4.07. The van der Waals surface area contributed by atoms with Gasteiger partial charge >= 0.3 is 0 Å². The van der Waals surface area contributed by atoms with Gasteiger partial charge < -0.3 is 14.5 Å². The van der Waals surface area contributed by atoms with E-state index in [-0.39, 0.29) is 18.4 Å². The molecule has 1 fully saturated rings. The number of carbonyl (C=O) groups is 2. The summed E-state index contributed by atoms with van der Waals surface area (Å²) < 4.78 is 5.40. The van der Waals surface area contributed by atoms with Crippen LogP contribution in [0.5, 0.6) is 0 Å². The minimum Gasteiger partial charge on any atom is -0.377 e. The van der Waals surface area contributed by atoms with Gasteiger partial charge in [0.15, 0.2) is 0 Å². The molecular formula is C15H18N2O3S. The summed E-state index contributed by atoms with van der Waals surface area (Å²) in [5.74, 6) is -0.230. The second kappa shape index (κ2) is 5.99. The summed E-state index contributed by atoms with van der Waals surface area (Å²) in [4.78, 5) is 29.4. The van der Waals surface area contributed by atoms with Crippen LogP contribution in [0.2, 0.25) is 0 Å². The highest BCUT2D eigenvalue weighted by Crippen LogP contribution is 2.25. The quantitative estimate of drug-likeness (QED) is 0.767. The fraction of sp³-hybridized carbons (Fsp3) is 0.467. The van der Waals surface area contributed by atoms with Crippen molar-refractivity contribution in [2.75, 3.05) is 26.3 Å². The number of nitrogens with zero attached hydrogens (tertiary/aromatic N) is 2. The van der Waals surface area contributed by atoms with E-state index in [1.807, 2.05) is 4.90 Å². The van der Waals surface area contributed by atoms with Gasteiger partial charge in [0.2, 0.25) is 11.8 Å². The van der Waals surface area contributed by atoms with Gasteiger partial charge in [0.05, 0.1) is 13.2 Å². The van der Waals surface area contributed by atoms with E-state index < -0.39 is 6.04 Å². The monoisotopic (exact) mass is 306 g/mol. The first-order valence-corrected chi connectivity index (χ1v) is 7.93. The molecule has 21 heavy (non-hydrogen) atoms. The van der Waals surface area contributed by atoms with Crippen molar-refractivity contribution in [3.63, 3.8) is 0 Å². The molecule has 0 spiro atoms. The number of thiophene rings is 1. The van der Waals surface area contributed by atoms with Crippen molar-refractivity contribution in [3.05, 3.63) is 34.5 Å². The zero-order valence-electron chi connectivity index (χ0n) is 11.8. The number of fused-ring (bicyclic) bond motifs is 1. The van der Waals surface area contributed by atoms with Crippen LogP contribution >= 0.6 is 11.3 Å². The maximum absolute atomic E-state index is 12.7. The van der Waals surface area contributed by atoms with Crippen LogP contribution in [0.4, 0.5) is 0 Å². The van der Waals surface area contributed by atoms with Gasteiger partial charge in [-0.25, -0.2) is 0 Å². The molecule has 0 bridgehead atoms. The van der Waals surface area contributed by atoms with Crippen LogP contribution in [0.1, 0.15) is 10.4 Å². The molecule has 112 valence electrons. The SMILES string of the molecule is C=CC(=O)N1CCOCC1C(=O)N1CCc2sccc2C1. The van der Waals surface area contributed by atoms with Gasteiger partial charge in [-0.3, -0.25) is 9.59 Å². The van der Waals surface area contributed by atoms with Crippen molar-refractivity contribution in [3.8, 4) is 0 Å². The van der Waals surface area contributed by atoms with Crippen LogP contribution in [0.25, 0.3) is 0 Å². The first kappa shape index (κ1) is 14.3. The lowest BCUT2D eigenvalue weighted by atomic mass is 10.1. The minimum atomic E-state index is -0.524. The number of ether oxygens (including phenoxy) is 1. The molecule has 1 aromatic rings. The highest BCUT2D eigenvalue weighted by Gasteiger charge is 2.35. The number of carbonyl (C=O) groups excluding carboxylic acids is 2. The molecule has 1 aromatic heterocycles. The molecule has 2 amide bonds. The van der Waals surface area contributed by atoms with Gasteiger partial charge in [-0.15, -0.1) is 11.3 Å². The smallest absolute Gasteiger partial charge is 0.248 e. The van der Waals surface area contributed by atoms with Gasteiger partial charge in [0, 0.05) is 24.5 Å². The summed E-state index contributed by atoms with van der Waals surface area (Å²) in [6, 6.07) is 1.55. The summed E-state index contributed by atoms with van der Waals surface area (Å²) in [7, 11) is 0. The normalized spacial score (nSPS) is 21.8. The first-order valence-electron chi connectivity index (χ1n) is 7.05. The average Bonchev–Trinajstić information content (AvgIpc) is 3.01. The van der Waals surface area contributed by atoms with Crippen molar-refractivity contribution in [2.45, 2.75) is 19.0 Å². The summed E-state index contributed by atoms with van der Waals surface area (Å²) in [5.41, 5.74) is 1.22. The molecule has 6 heteroatoms. The number of amides is 2. The van der Waals surface area contributed by atoms with Gasteiger partial charge in [0.25, 0.3) is 0 Å². The Labute approximate surface area is 127 Å². The van der Waals surface area contributed by atoms with Crippen LogP contribution in [-0.2, 0) is 27.3 Å². The average molecular weight is 306 g/mol. The van der Waals surface area contributed by atoms with Crippen LogP contribution in [0, 0.1) is 0 Å². The highest BCUT2D eigenvalue weighted by molar-refractivity contribution is 7.10. The summed E-state index contributed by atoms with van der Waals surface area (Å²) in [6.45, 7) is 6.03. The molecule has 0 radical (unpaired) electrons. The molecule has 5 nitrogen and oxygen atoms in total. The fourth-order valence-corrected chi connectivity index (χ4v) is 3.73. The van der Waals surface area contributed by atoms with Crippen molar-refractivity contribution < 1.29 is 14.3 Å². The van der Waals surface area contributed by atoms with Crippen molar-refractivity contribution in [1.82, 2.24) is 9.80 Å². The summed E-state index contributed by atoms with van der Waals surface area (Å²) >= 11 is 1.74. The maximum Gasteiger partial charge on any atom is 0.248 e. The van der Waals surface area contributed by atoms with E-state index in [1.54, 1.807) is 16.2 Å². The van der Waals surface area contributed by atoms with Crippen molar-refractivity contribution >= 4 is 23.2 Å². The third kappa shape index (κ3) is 2.73. The lowest BCUT2D eigenvalue weighted by Crippen LogP contribution is -2.56. The largest absolute Gasteiger partial charge is 0.377 e. The van der Waals surface area contributed by atoms with E-state index >= 15 is 0 Å². The molecular weight excluding hydrogens is 288 g/mol. The fourth-order valence-electron chi connectivity index (χ4n) is 2.84. The lowest BCUT2D eigenvalue weighted by molar-refractivity contribution is -0.152. The molecule has 0 aliphatic carbocycles. The Bertz CT molecular complexity index is 569. The Balaban J connectivity index is 1.74. The number of rotatable bonds is 2. The Morgan fingerprint density at radius 2 is 2.29 bits per heavy atom. The van der Waals surface area contributed by atoms with Crippen molar-refractivity contribution in [2.24, 2.45) is 0 Å². The second-order valence-electron chi connectivity index (χ2n) is 5.21. The summed E-state index contributed by atoms with van der Waals surface area (Å²) in [6.07, 6.45) is 2.15. The Morgan fingerprint density at radius 3 is 3.10 bits per heavy atom. The first-order chi connectivity index (χ1) is 10.2. The summed E-state index contributed by atoms with van der Waals surface area (Å²) in [5, 5.41) is 2.07. The highest BCUT2D eigenvalue weighted by atomic mass is 32.1. The maximum atomic E-state index is 12.7. The van der Waals surface area contributed by atoms with E-state index in [9.17, 15) is 9.59 Å². The number of hydrogen-bond acceptors (Lipinski definition) is 4. The van der Waals surface area contributed by atoms with Crippen LogP contribution in [0.3, 0.4) is 0 Å². The van der Waals surface area contributed by atoms with Crippen LogP contribution in [-0.4, -0.2) is 54.0 Å². The Hall–Kier alpha value is -1.66. The molecule has 1 saturated heterocycles. The molecule has 3 rings (SSSR count). The molecule has 2 aliphatic heterocycles. The third-order valence-electron chi connectivity index (χ3n) is 3.99. The van der Waals surface area contributed by atoms with E-state index in [4.69, 9.17) is 4.74 Å². The predicted octanol–water partition coefficient (Wildman–Crippen LogP) is 1.05. The van der Waals surface area contributed by atoms with Crippen molar-refractivity contribution in [1.29, 1.82) is 0 Å². The second-order valence-corrected chi connectivity index (χ2v) is 6.21. The van der Waals surface area contributed by atoms with E-state index in [1.165, 1.54) is 16.5 Å². The number of morpholine rings is 1. The molecule has 1 unspecified atom stereocenters.